The van der Waals surface area contributed by atoms with E-state index < -0.39 is 21.1 Å². The molecule has 16 heavy (non-hydrogen) atoms. The Morgan fingerprint density at radius 3 is 2.56 bits per heavy atom. The van der Waals surface area contributed by atoms with Gasteiger partial charge in [-0.05, 0) is 26.0 Å². The summed E-state index contributed by atoms with van der Waals surface area (Å²) in [7, 11) is -3.47. The molecule has 3 N–H and O–H groups in total. The van der Waals surface area contributed by atoms with E-state index in [4.69, 9.17) is 5.73 Å². The minimum absolute atomic E-state index is 0.0530. The Morgan fingerprint density at radius 2 is 2.06 bits per heavy atom. The van der Waals surface area contributed by atoms with Gasteiger partial charge in [0.1, 0.15) is 5.82 Å². The van der Waals surface area contributed by atoms with Crippen LogP contribution in [0.25, 0.3) is 0 Å². The highest BCUT2D eigenvalue weighted by atomic mass is 32.2. The molecule has 0 bridgehead atoms. The van der Waals surface area contributed by atoms with Gasteiger partial charge in [0.25, 0.3) is 0 Å². The van der Waals surface area contributed by atoms with Crippen molar-refractivity contribution in [3.63, 3.8) is 0 Å². The lowest BCUT2D eigenvalue weighted by molar-refractivity contribution is 0.592. The Bertz CT molecular complexity index is 472. The molecule has 1 aromatic rings. The fourth-order valence-electron chi connectivity index (χ4n) is 1.13. The molecule has 6 heteroatoms. The van der Waals surface area contributed by atoms with Gasteiger partial charge in [0.05, 0.1) is 10.9 Å². The van der Waals surface area contributed by atoms with Crippen molar-refractivity contribution in [2.45, 2.75) is 25.6 Å². The van der Waals surface area contributed by atoms with Crippen LogP contribution in [0.1, 0.15) is 19.4 Å². The number of anilines is 1. The van der Waals surface area contributed by atoms with Crippen LogP contribution in [0.5, 0.6) is 0 Å². The minimum Gasteiger partial charge on any atom is -0.326 e. The van der Waals surface area contributed by atoms with Crippen LogP contribution in [0, 0.1) is 5.82 Å². The van der Waals surface area contributed by atoms with Gasteiger partial charge in [-0.2, -0.15) is 0 Å². The van der Waals surface area contributed by atoms with Crippen LogP contribution in [0.15, 0.2) is 18.2 Å². The van der Waals surface area contributed by atoms with E-state index in [-0.39, 0.29) is 17.8 Å². The number of nitrogens with one attached hydrogen (secondary N) is 1. The van der Waals surface area contributed by atoms with Gasteiger partial charge < -0.3 is 5.73 Å². The summed E-state index contributed by atoms with van der Waals surface area (Å²) in [6, 6.07) is 4.17. The van der Waals surface area contributed by atoms with Crippen molar-refractivity contribution in [2.24, 2.45) is 5.73 Å². The van der Waals surface area contributed by atoms with Crippen LogP contribution in [0.3, 0.4) is 0 Å². The topological polar surface area (TPSA) is 72.2 Å². The van der Waals surface area contributed by atoms with E-state index in [1.54, 1.807) is 13.8 Å². The first kappa shape index (κ1) is 12.9. The first-order chi connectivity index (χ1) is 7.38. The number of hydrogen-bond donors (Lipinski definition) is 2. The van der Waals surface area contributed by atoms with Gasteiger partial charge in [-0.15, -0.1) is 0 Å². The van der Waals surface area contributed by atoms with E-state index in [1.807, 2.05) is 0 Å². The molecule has 1 rings (SSSR count). The third-order valence-electron chi connectivity index (χ3n) is 2.20. The van der Waals surface area contributed by atoms with E-state index in [1.165, 1.54) is 18.2 Å². The van der Waals surface area contributed by atoms with Gasteiger partial charge in [0.2, 0.25) is 10.0 Å². The zero-order valence-corrected chi connectivity index (χ0v) is 10.0. The summed E-state index contributed by atoms with van der Waals surface area (Å²) in [6.45, 7) is 3.04. The van der Waals surface area contributed by atoms with Crippen molar-refractivity contribution in [3.05, 3.63) is 29.6 Å². The van der Waals surface area contributed by atoms with Crippen LogP contribution in [0.2, 0.25) is 0 Å². The average molecular weight is 246 g/mol. The molecule has 0 amide bonds. The van der Waals surface area contributed by atoms with Crippen molar-refractivity contribution in [3.8, 4) is 0 Å². The Kier molecular flexibility index (Phi) is 3.88. The van der Waals surface area contributed by atoms with Gasteiger partial charge in [0, 0.05) is 12.1 Å². The number of sulfonamides is 1. The molecule has 0 heterocycles. The summed E-state index contributed by atoms with van der Waals surface area (Å²) in [5.74, 6) is -0.508. The molecule has 0 saturated carbocycles. The van der Waals surface area contributed by atoms with Gasteiger partial charge in [-0.3, -0.25) is 4.72 Å². The number of rotatable bonds is 4. The third-order valence-corrected chi connectivity index (χ3v) is 3.94. The molecule has 0 atom stereocenters. The molecule has 90 valence electrons. The minimum atomic E-state index is -3.47. The molecule has 0 unspecified atom stereocenters. The van der Waals surface area contributed by atoms with Gasteiger partial charge in [0.15, 0.2) is 0 Å². The van der Waals surface area contributed by atoms with E-state index >= 15 is 0 Å². The maximum atomic E-state index is 13.3. The molecule has 0 radical (unpaired) electrons. The van der Waals surface area contributed by atoms with Crippen LogP contribution in [0.4, 0.5) is 10.1 Å². The maximum absolute atomic E-state index is 13.3. The fraction of sp³-hybridized carbons (Fsp3) is 0.400. The lowest BCUT2D eigenvalue weighted by Crippen LogP contribution is -2.23. The van der Waals surface area contributed by atoms with Crippen LogP contribution in [-0.4, -0.2) is 13.7 Å². The Labute approximate surface area is 94.7 Å². The van der Waals surface area contributed by atoms with Crippen molar-refractivity contribution < 1.29 is 12.8 Å². The summed E-state index contributed by atoms with van der Waals surface area (Å²) < 4.78 is 38.9. The molecule has 0 spiro atoms. The SMILES string of the molecule is CC(C)S(=O)(=O)Nc1cccc(F)c1CN. The van der Waals surface area contributed by atoms with Crippen LogP contribution in [-0.2, 0) is 16.6 Å². The van der Waals surface area contributed by atoms with Crippen LogP contribution < -0.4 is 10.5 Å². The summed E-state index contributed by atoms with van der Waals surface area (Å²) in [6.07, 6.45) is 0. The van der Waals surface area contributed by atoms with E-state index in [0.717, 1.165) is 0 Å². The number of benzene rings is 1. The second-order valence-corrected chi connectivity index (χ2v) is 5.90. The van der Waals surface area contributed by atoms with E-state index in [2.05, 4.69) is 4.72 Å². The quantitative estimate of drug-likeness (QED) is 0.844. The van der Waals surface area contributed by atoms with Gasteiger partial charge in [-0.25, -0.2) is 12.8 Å². The fourth-order valence-corrected chi connectivity index (χ4v) is 1.87. The predicted octanol–water partition coefficient (Wildman–Crippen LogP) is 1.43. The van der Waals surface area contributed by atoms with Crippen molar-refractivity contribution in [2.75, 3.05) is 4.72 Å². The normalized spacial score (nSPS) is 11.8. The lowest BCUT2D eigenvalue weighted by Gasteiger charge is -2.14. The molecular weight excluding hydrogens is 231 g/mol. The lowest BCUT2D eigenvalue weighted by atomic mass is 10.2. The van der Waals surface area contributed by atoms with Crippen molar-refractivity contribution >= 4 is 15.7 Å². The molecule has 1 aromatic carbocycles. The second-order valence-electron chi connectivity index (χ2n) is 3.67. The highest BCUT2D eigenvalue weighted by Gasteiger charge is 2.18. The van der Waals surface area contributed by atoms with Crippen molar-refractivity contribution in [1.29, 1.82) is 0 Å². The first-order valence-electron chi connectivity index (χ1n) is 4.87. The molecule has 0 aliphatic heterocycles. The van der Waals surface area contributed by atoms with E-state index in [9.17, 15) is 12.8 Å². The molecule has 0 fully saturated rings. The highest BCUT2D eigenvalue weighted by molar-refractivity contribution is 7.93. The monoisotopic (exact) mass is 246 g/mol. The highest BCUT2D eigenvalue weighted by Crippen LogP contribution is 2.20. The molecule has 0 aliphatic carbocycles. The summed E-state index contributed by atoms with van der Waals surface area (Å²) in [5, 5.41) is -0.582. The standard InChI is InChI=1S/C10H15FN2O2S/c1-7(2)16(14,15)13-10-5-3-4-9(11)8(10)6-12/h3-5,7,13H,6,12H2,1-2H3. The molecule has 4 nitrogen and oxygen atoms in total. The number of hydrogen-bond acceptors (Lipinski definition) is 3. The van der Waals surface area contributed by atoms with Gasteiger partial charge in [-0.1, -0.05) is 6.07 Å². The maximum Gasteiger partial charge on any atom is 0.235 e. The summed E-state index contributed by atoms with van der Waals surface area (Å²) in [4.78, 5) is 0. The predicted molar refractivity (Wildman–Crippen MR) is 62.0 cm³/mol. The smallest absolute Gasteiger partial charge is 0.235 e. The second kappa shape index (κ2) is 4.80. The van der Waals surface area contributed by atoms with Crippen molar-refractivity contribution in [1.82, 2.24) is 0 Å². The summed E-state index contributed by atoms with van der Waals surface area (Å²) >= 11 is 0. The Morgan fingerprint density at radius 1 is 1.44 bits per heavy atom. The zero-order chi connectivity index (χ0) is 12.3. The number of nitrogens with two attached hydrogens (primary N) is 1. The van der Waals surface area contributed by atoms with E-state index in [0.29, 0.717) is 0 Å². The molecular formula is C10H15FN2O2S. The average Bonchev–Trinajstić information content (AvgIpc) is 2.17. The number of halogens is 1. The zero-order valence-electron chi connectivity index (χ0n) is 9.20. The molecule has 0 saturated heterocycles. The Hall–Kier alpha value is -1.14. The molecule has 0 aliphatic rings. The van der Waals surface area contributed by atoms with Crippen LogP contribution >= 0.6 is 0 Å². The van der Waals surface area contributed by atoms with Gasteiger partial charge >= 0.3 is 0 Å². The Balaban J connectivity index is 3.12. The molecule has 0 aromatic heterocycles. The summed E-state index contributed by atoms with van der Waals surface area (Å²) in [5.41, 5.74) is 5.75. The first-order valence-corrected chi connectivity index (χ1v) is 6.42. The largest absolute Gasteiger partial charge is 0.326 e. The third kappa shape index (κ3) is 2.70.